The van der Waals surface area contributed by atoms with Gasteiger partial charge < -0.3 is 10.1 Å². The van der Waals surface area contributed by atoms with Gasteiger partial charge in [0.15, 0.2) is 5.69 Å². The number of hydrogen-bond acceptors (Lipinski definition) is 5. The molecule has 1 aromatic heterocycles. The standard InChI is InChI=1S/C16H15N3O4/c1-3-13-8-12(9-14(17-13)19(22)23)16(21)18-15(20)11-6-4-5-10(2)7-11/h4-9H,3H2,1-2H3,(H,18,20,21). The molecule has 0 atom stereocenters. The van der Waals surface area contributed by atoms with E-state index in [1.807, 2.05) is 13.0 Å². The minimum Gasteiger partial charge on any atom is -0.358 e. The van der Waals surface area contributed by atoms with Crippen LogP contribution < -0.4 is 5.32 Å². The first-order chi connectivity index (χ1) is 10.9. The summed E-state index contributed by atoms with van der Waals surface area (Å²) < 4.78 is 0. The van der Waals surface area contributed by atoms with Gasteiger partial charge in [-0.25, -0.2) is 0 Å². The third-order valence-electron chi connectivity index (χ3n) is 3.18. The zero-order valence-electron chi connectivity index (χ0n) is 12.7. The van der Waals surface area contributed by atoms with Crippen molar-refractivity contribution in [1.82, 2.24) is 10.3 Å². The highest BCUT2D eigenvalue weighted by atomic mass is 16.6. The van der Waals surface area contributed by atoms with Crippen molar-refractivity contribution in [2.75, 3.05) is 0 Å². The number of amides is 2. The van der Waals surface area contributed by atoms with Crippen molar-refractivity contribution in [2.24, 2.45) is 0 Å². The molecule has 1 heterocycles. The number of benzene rings is 1. The third kappa shape index (κ3) is 3.97. The van der Waals surface area contributed by atoms with Crippen molar-refractivity contribution in [3.8, 4) is 0 Å². The average Bonchev–Trinajstić information content (AvgIpc) is 2.54. The number of aryl methyl sites for hydroxylation is 2. The molecule has 23 heavy (non-hydrogen) atoms. The van der Waals surface area contributed by atoms with E-state index in [2.05, 4.69) is 10.3 Å². The molecule has 2 rings (SSSR count). The van der Waals surface area contributed by atoms with Crippen LogP contribution in [0.4, 0.5) is 5.82 Å². The molecule has 0 bridgehead atoms. The summed E-state index contributed by atoms with van der Waals surface area (Å²) in [4.78, 5) is 38.3. The molecule has 0 aliphatic carbocycles. The number of carbonyl (C=O) groups is 2. The van der Waals surface area contributed by atoms with Crippen LogP contribution >= 0.6 is 0 Å². The Hall–Kier alpha value is -3.09. The van der Waals surface area contributed by atoms with Gasteiger partial charge in [-0.15, -0.1) is 0 Å². The lowest BCUT2D eigenvalue weighted by atomic mass is 10.1. The molecule has 7 nitrogen and oxygen atoms in total. The number of nitro groups is 1. The molecule has 2 aromatic rings. The smallest absolute Gasteiger partial charge is 0.358 e. The van der Waals surface area contributed by atoms with E-state index in [4.69, 9.17) is 0 Å². The van der Waals surface area contributed by atoms with Gasteiger partial charge >= 0.3 is 5.82 Å². The molecule has 2 amide bonds. The van der Waals surface area contributed by atoms with Gasteiger partial charge in [0, 0.05) is 18.1 Å². The predicted molar refractivity (Wildman–Crippen MR) is 83.2 cm³/mol. The Morgan fingerprint density at radius 3 is 2.48 bits per heavy atom. The van der Waals surface area contributed by atoms with Crippen molar-refractivity contribution in [3.63, 3.8) is 0 Å². The van der Waals surface area contributed by atoms with Crippen LogP contribution in [0.3, 0.4) is 0 Å². The Kier molecular flexibility index (Phi) is 4.80. The second-order valence-corrected chi connectivity index (χ2v) is 4.97. The number of nitrogens with one attached hydrogen (secondary N) is 1. The number of carbonyl (C=O) groups excluding carboxylic acids is 2. The van der Waals surface area contributed by atoms with Gasteiger partial charge in [0.1, 0.15) is 0 Å². The molecule has 0 spiro atoms. The molecule has 118 valence electrons. The fraction of sp³-hybridized carbons (Fsp3) is 0.188. The van der Waals surface area contributed by atoms with E-state index in [0.29, 0.717) is 17.7 Å². The van der Waals surface area contributed by atoms with E-state index < -0.39 is 22.6 Å². The summed E-state index contributed by atoms with van der Waals surface area (Å²) in [6.45, 7) is 3.60. The maximum atomic E-state index is 12.2. The van der Waals surface area contributed by atoms with E-state index in [1.165, 1.54) is 6.07 Å². The molecule has 0 aliphatic rings. The normalized spacial score (nSPS) is 10.2. The number of rotatable bonds is 4. The fourth-order valence-corrected chi connectivity index (χ4v) is 2.01. The molecule has 0 saturated heterocycles. The number of aromatic nitrogens is 1. The highest BCUT2D eigenvalue weighted by Crippen LogP contribution is 2.14. The summed E-state index contributed by atoms with van der Waals surface area (Å²) in [6, 6.07) is 9.26. The molecule has 0 radical (unpaired) electrons. The zero-order valence-corrected chi connectivity index (χ0v) is 12.7. The van der Waals surface area contributed by atoms with Crippen molar-refractivity contribution in [2.45, 2.75) is 20.3 Å². The number of hydrogen-bond donors (Lipinski definition) is 1. The van der Waals surface area contributed by atoms with Gasteiger partial charge in [0.25, 0.3) is 11.8 Å². The minimum absolute atomic E-state index is 0.0320. The lowest BCUT2D eigenvalue weighted by molar-refractivity contribution is -0.389. The van der Waals surface area contributed by atoms with E-state index in [1.54, 1.807) is 25.1 Å². The van der Waals surface area contributed by atoms with E-state index in [0.717, 1.165) is 11.6 Å². The summed E-state index contributed by atoms with van der Waals surface area (Å²) in [5, 5.41) is 13.1. The fourth-order valence-electron chi connectivity index (χ4n) is 2.01. The van der Waals surface area contributed by atoms with Gasteiger partial charge in [-0.2, -0.15) is 0 Å². The van der Waals surface area contributed by atoms with E-state index in [9.17, 15) is 19.7 Å². The van der Waals surface area contributed by atoms with Crippen LogP contribution in [0.2, 0.25) is 0 Å². The molecular formula is C16H15N3O4. The average molecular weight is 313 g/mol. The first-order valence-electron chi connectivity index (χ1n) is 6.98. The lowest BCUT2D eigenvalue weighted by Gasteiger charge is -2.05. The summed E-state index contributed by atoms with van der Waals surface area (Å²) in [5.41, 5.74) is 1.67. The molecule has 0 aliphatic heterocycles. The van der Waals surface area contributed by atoms with Gasteiger partial charge in [-0.05, 0) is 35.0 Å². The topological polar surface area (TPSA) is 102 Å². The van der Waals surface area contributed by atoms with Gasteiger partial charge in [-0.3, -0.25) is 14.9 Å². The van der Waals surface area contributed by atoms with Crippen LogP contribution in [-0.2, 0) is 6.42 Å². The van der Waals surface area contributed by atoms with Crippen LogP contribution in [-0.4, -0.2) is 21.7 Å². The van der Waals surface area contributed by atoms with Crippen molar-refractivity contribution >= 4 is 17.6 Å². The monoisotopic (exact) mass is 313 g/mol. The zero-order chi connectivity index (χ0) is 17.0. The van der Waals surface area contributed by atoms with Gasteiger partial charge in [-0.1, -0.05) is 24.6 Å². The SMILES string of the molecule is CCc1cc(C(=O)NC(=O)c2cccc(C)c2)cc([N+](=O)[O-])n1. The summed E-state index contributed by atoms with van der Waals surface area (Å²) in [7, 11) is 0. The maximum Gasteiger partial charge on any atom is 0.364 e. The second kappa shape index (κ2) is 6.78. The lowest BCUT2D eigenvalue weighted by Crippen LogP contribution is -2.30. The van der Waals surface area contributed by atoms with E-state index in [-0.39, 0.29) is 5.56 Å². The number of pyridine rings is 1. The largest absolute Gasteiger partial charge is 0.364 e. The minimum atomic E-state index is -0.697. The van der Waals surface area contributed by atoms with Gasteiger partial charge in [0.2, 0.25) is 0 Å². The molecule has 0 saturated carbocycles. The van der Waals surface area contributed by atoms with Crippen molar-refractivity contribution in [3.05, 3.63) is 68.9 Å². The quantitative estimate of drug-likeness (QED) is 0.530. The molecule has 0 fully saturated rings. The van der Waals surface area contributed by atoms with Crippen LogP contribution in [0.5, 0.6) is 0 Å². The molecule has 0 unspecified atom stereocenters. The van der Waals surface area contributed by atoms with Crippen LogP contribution in [0, 0.1) is 17.0 Å². The Bertz CT molecular complexity index is 787. The van der Waals surface area contributed by atoms with Crippen LogP contribution in [0.1, 0.15) is 38.9 Å². The van der Waals surface area contributed by atoms with Crippen LogP contribution in [0.15, 0.2) is 36.4 Å². The van der Waals surface area contributed by atoms with E-state index >= 15 is 0 Å². The summed E-state index contributed by atoms with van der Waals surface area (Å²) in [5.74, 6) is -1.68. The Balaban J connectivity index is 2.25. The number of nitrogens with zero attached hydrogens (tertiary/aromatic N) is 2. The summed E-state index contributed by atoms with van der Waals surface area (Å²) in [6.07, 6.45) is 0.438. The van der Waals surface area contributed by atoms with Crippen molar-refractivity contribution in [1.29, 1.82) is 0 Å². The van der Waals surface area contributed by atoms with Crippen LogP contribution in [0.25, 0.3) is 0 Å². The molecular weight excluding hydrogens is 298 g/mol. The Morgan fingerprint density at radius 2 is 1.87 bits per heavy atom. The van der Waals surface area contributed by atoms with Crippen molar-refractivity contribution < 1.29 is 14.5 Å². The number of imide groups is 1. The second-order valence-electron chi connectivity index (χ2n) is 4.97. The Morgan fingerprint density at radius 1 is 1.17 bits per heavy atom. The first kappa shape index (κ1) is 16.3. The third-order valence-corrected chi connectivity index (χ3v) is 3.18. The highest BCUT2D eigenvalue weighted by molar-refractivity contribution is 6.10. The molecule has 1 N–H and O–H groups in total. The molecule has 7 heteroatoms. The Labute approximate surface area is 132 Å². The highest BCUT2D eigenvalue weighted by Gasteiger charge is 2.18. The first-order valence-corrected chi connectivity index (χ1v) is 6.98. The summed E-state index contributed by atoms with van der Waals surface area (Å²) >= 11 is 0. The molecule has 1 aromatic carbocycles. The maximum absolute atomic E-state index is 12.2. The van der Waals surface area contributed by atoms with Gasteiger partial charge in [0.05, 0.1) is 5.56 Å². The predicted octanol–water partition coefficient (Wildman–Crippen LogP) is 2.43.